The minimum atomic E-state index is -0.615. The molecule has 130 valence electrons. The molecule has 3 rings (SSSR count). The third-order valence-electron chi connectivity index (χ3n) is 4.93. The Balaban J connectivity index is 1.82. The average Bonchev–Trinajstić information content (AvgIpc) is 2.84. The Labute approximate surface area is 140 Å². The van der Waals surface area contributed by atoms with Crippen LogP contribution >= 0.6 is 0 Å². The van der Waals surface area contributed by atoms with Gasteiger partial charge in [0.2, 0.25) is 0 Å². The maximum Gasteiger partial charge on any atom is 0.151 e. The van der Waals surface area contributed by atoms with Crippen LogP contribution in [0.4, 0.5) is 8.78 Å². The Bertz CT molecular complexity index is 721. The highest BCUT2D eigenvalue weighted by atomic mass is 19.1. The molecular formula is C18H23F2N3O. The lowest BCUT2D eigenvalue weighted by molar-refractivity contribution is 0.127. The second kappa shape index (κ2) is 6.99. The van der Waals surface area contributed by atoms with Crippen LogP contribution in [0.2, 0.25) is 0 Å². The van der Waals surface area contributed by atoms with Crippen LogP contribution in [0.15, 0.2) is 18.2 Å². The molecular weight excluding hydrogens is 312 g/mol. The fraction of sp³-hybridized carbons (Fsp3) is 0.500. The molecule has 1 fully saturated rings. The van der Waals surface area contributed by atoms with E-state index in [0.717, 1.165) is 55.5 Å². The molecule has 0 radical (unpaired) electrons. The number of nitrogens with zero attached hydrogens (tertiary/aromatic N) is 3. The van der Waals surface area contributed by atoms with Crippen molar-refractivity contribution in [3.8, 4) is 5.69 Å². The van der Waals surface area contributed by atoms with Crippen LogP contribution in [0.3, 0.4) is 0 Å². The van der Waals surface area contributed by atoms with Gasteiger partial charge in [-0.1, -0.05) is 0 Å². The minimum absolute atomic E-state index is 0.258. The lowest BCUT2D eigenvalue weighted by Gasteiger charge is -2.31. The fourth-order valence-corrected chi connectivity index (χ4v) is 3.34. The predicted molar refractivity (Wildman–Crippen MR) is 88.0 cm³/mol. The largest absolute Gasteiger partial charge is 0.396 e. The maximum absolute atomic E-state index is 14.1. The molecule has 1 aromatic heterocycles. The maximum atomic E-state index is 14.1. The van der Waals surface area contributed by atoms with Crippen molar-refractivity contribution < 1.29 is 13.9 Å². The van der Waals surface area contributed by atoms with Crippen LogP contribution in [0.5, 0.6) is 0 Å². The zero-order valence-corrected chi connectivity index (χ0v) is 14.1. The van der Waals surface area contributed by atoms with Gasteiger partial charge in [0.05, 0.1) is 5.69 Å². The third-order valence-corrected chi connectivity index (χ3v) is 4.93. The molecule has 0 bridgehead atoms. The van der Waals surface area contributed by atoms with Gasteiger partial charge in [-0.15, -0.1) is 0 Å². The summed E-state index contributed by atoms with van der Waals surface area (Å²) in [7, 11) is 0. The van der Waals surface area contributed by atoms with E-state index in [1.807, 2.05) is 13.8 Å². The molecule has 6 heteroatoms. The molecule has 0 amide bonds. The van der Waals surface area contributed by atoms with Crippen LogP contribution in [-0.2, 0) is 6.54 Å². The summed E-state index contributed by atoms with van der Waals surface area (Å²) in [5.41, 5.74) is 3.09. The SMILES string of the molecule is Cc1nn(-c2ccc(F)cc2F)c(C)c1CN1CCC(CO)CC1. The summed E-state index contributed by atoms with van der Waals surface area (Å²) in [4.78, 5) is 2.34. The van der Waals surface area contributed by atoms with Crippen molar-refractivity contribution in [3.05, 3.63) is 46.8 Å². The topological polar surface area (TPSA) is 41.3 Å². The number of aliphatic hydroxyl groups is 1. The van der Waals surface area contributed by atoms with Crippen LogP contribution in [0.25, 0.3) is 5.69 Å². The number of halogens is 2. The number of aliphatic hydroxyl groups excluding tert-OH is 1. The summed E-state index contributed by atoms with van der Waals surface area (Å²) in [6.07, 6.45) is 1.99. The number of piperidine rings is 1. The number of hydrogen-bond acceptors (Lipinski definition) is 3. The van der Waals surface area contributed by atoms with Crippen LogP contribution in [-0.4, -0.2) is 39.5 Å². The molecule has 0 aliphatic carbocycles. The van der Waals surface area contributed by atoms with Gasteiger partial charge < -0.3 is 5.11 Å². The lowest BCUT2D eigenvalue weighted by Crippen LogP contribution is -2.34. The molecule has 2 heterocycles. The lowest BCUT2D eigenvalue weighted by atomic mass is 9.97. The second-order valence-corrected chi connectivity index (χ2v) is 6.56. The molecule has 0 atom stereocenters. The molecule has 1 saturated heterocycles. The molecule has 1 aliphatic rings. The van der Waals surface area contributed by atoms with Crippen molar-refractivity contribution >= 4 is 0 Å². The monoisotopic (exact) mass is 335 g/mol. The van der Waals surface area contributed by atoms with Crippen molar-refractivity contribution in [3.63, 3.8) is 0 Å². The molecule has 0 spiro atoms. The van der Waals surface area contributed by atoms with Crippen LogP contribution < -0.4 is 0 Å². The first-order chi connectivity index (χ1) is 11.5. The number of likely N-dealkylation sites (tertiary alicyclic amines) is 1. The van der Waals surface area contributed by atoms with E-state index in [-0.39, 0.29) is 12.3 Å². The van der Waals surface area contributed by atoms with E-state index in [1.54, 1.807) is 4.68 Å². The van der Waals surface area contributed by atoms with Crippen molar-refractivity contribution in [2.24, 2.45) is 5.92 Å². The standard InChI is InChI=1S/C18H23F2N3O/c1-12-16(10-22-7-5-14(11-24)6-8-22)13(2)23(21-12)18-4-3-15(19)9-17(18)20/h3-4,9,14,24H,5-8,10-11H2,1-2H3. The number of aryl methyl sites for hydroxylation is 1. The number of aromatic nitrogens is 2. The minimum Gasteiger partial charge on any atom is -0.396 e. The quantitative estimate of drug-likeness (QED) is 0.934. The van der Waals surface area contributed by atoms with Gasteiger partial charge in [-0.2, -0.15) is 5.10 Å². The van der Waals surface area contributed by atoms with E-state index in [9.17, 15) is 13.9 Å². The van der Waals surface area contributed by atoms with Gasteiger partial charge in [-0.3, -0.25) is 4.90 Å². The number of benzene rings is 1. The van der Waals surface area contributed by atoms with Crippen LogP contribution in [0, 0.1) is 31.4 Å². The normalized spacial score (nSPS) is 16.7. The zero-order valence-electron chi connectivity index (χ0n) is 14.1. The third kappa shape index (κ3) is 3.35. The molecule has 1 N–H and O–H groups in total. The molecule has 2 aromatic rings. The highest BCUT2D eigenvalue weighted by molar-refractivity contribution is 5.38. The summed E-state index contributed by atoms with van der Waals surface area (Å²) >= 11 is 0. The van der Waals surface area contributed by atoms with E-state index in [2.05, 4.69) is 10.00 Å². The van der Waals surface area contributed by atoms with Crippen molar-refractivity contribution in [1.29, 1.82) is 0 Å². The van der Waals surface area contributed by atoms with Crippen molar-refractivity contribution in [1.82, 2.24) is 14.7 Å². The zero-order chi connectivity index (χ0) is 17.3. The van der Waals surface area contributed by atoms with Gasteiger partial charge in [0.25, 0.3) is 0 Å². The molecule has 1 aromatic carbocycles. The summed E-state index contributed by atoms with van der Waals surface area (Å²) in [5.74, 6) is -0.805. The van der Waals surface area contributed by atoms with Crippen molar-refractivity contribution in [2.75, 3.05) is 19.7 Å². The first-order valence-corrected chi connectivity index (χ1v) is 8.33. The molecule has 4 nitrogen and oxygen atoms in total. The Morgan fingerprint density at radius 3 is 2.54 bits per heavy atom. The van der Waals surface area contributed by atoms with E-state index in [0.29, 0.717) is 5.92 Å². The first kappa shape index (κ1) is 17.0. The Kier molecular flexibility index (Phi) is 4.96. The Hall–Kier alpha value is -1.79. The highest BCUT2D eigenvalue weighted by Gasteiger charge is 2.22. The van der Waals surface area contributed by atoms with Crippen molar-refractivity contribution in [2.45, 2.75) is 33.2 Å². The molecule has 0 unspecified atom stereocenters. The van der Waals surface area contributed by atoms with Gasteiger partial charge in [0, 0.05) is 30.5 Å². The van der Waals surface area contributed by atoms with E-state index in [4.69, 9.17) is 0 Å². The Morgan fingerprint density at radius 1 is 1.21 bits per heavy atom. The average molecular weight is 335 g/mol. The second-order valence-electron chi connectivity index (χ2n) is 6.56. The Morgan fingerprint density at radius 2 is 1.92 bits per heavy atom. The first-order valence-electron chi connectivity index (χ1n) is 8.33. The summed E-state index contributed by atoms with van der Waals surface area (Å²) in [5, 5.41) is 13.7. The molecule has 24 heavy (non-hydrogen) atoms. The molecule has 0 saturated carbocycles. The van der Waals surface area contributed by atoms with E-state index < -0.39 is 11.6 Å². The van der Waals surface area contributed by atoms with Gasteiger partial charge in [0.1, 0.15) is 11.5 Å². The van der Waals surface area contributed by atoms with Gasteiger partial charge in [-0.05, 0) is 57.8 Å². The highest BCUT2D eigenvalue weighted by Crippen LogP contribution is 2.24. The number of hydrogen-bond donors (Lipinski definition) is 1. The summed E-state index contributed by atoms with van der Waals surface area (Å²) in [6.45, 7) is 6.74. The van der Waals surface area contributed by atoms with Crippen LogP contribution in [0.1, 0.15) is 29.8 Å². The van der Waals surface area contributed by atoms with E-state index >= 15 is 0 Å². The smallest absolute Gasteiger partial charge is 0.151 e. The van der Waals surface area contributed by atoms with Gasteiger partial charge in [-0.25, -0.2) is 13.5 Å². The number of rotatable bonds is 4. The fourth-order valence-electron chi connectivity index (χ4n) is 3.34. The summed E-state index contributed by atoms with van der Waals surface area (Å²) < 4.78 is 28.7. The van der Waals surface area contributed by atoms with Gasteiger partial charge in [0.15, 0.2) is 5.82 Å². The summed E-state index contributed by atoms with van der Waals surface area (Å²) in [6, 6.07) is 3.54. The van der Waals surface area contributed by atoms with Gasteiger partial charge >= 0.3 is 0 Å². The van der Waals surface area contributed by atoms with E-state index in [1.165, 1.54) is 12.1 Å². The molecule has 1 aliphatic heterocycles. The predicted octanol–water partition coefficient (Wildman–Crippen LogP) is 2.97.